The summed E-state index contributed by atoms with van der Waals surface area (Å²) in [6, 6.07) is 12.8. The lowest BCUT2D eigenvalue weighted by Gasteiger charge is -2.23. The van der Waals surface area contributed by atoms with Crippen molar-refractivity contribution in [1.82, 2.24) is 10.2 Å². The molecule has 3 aromatic rings. The van der Waals surface area contributed by atoms with E-state index in [2.05, 4.69) is 15.5 Å². The van der Waals surface area contributed by atoms with E-state index < -0.39 is 15.9 Å². The summed E-state index contributed by atoms with van der Waals surface area (Å²) < 4.78 is 27.7. The first-order valence-electron chi connectivity index (χ1n) is 9.26. The van der Waals surface area contributed by atoms with Gasteiger partial charge in [0.1, 0.15) is 5.01 Å². The molecule has 0 aliphatic rings. The molecular formula is C20H21ClN4O3S2. The second-order valence-corrected chi connectivity index (χ2v) is 9.98. The zero-order chi connectivity index (χ0) is 21.9. The Morgan fingerprint density at radius 1 is 1.17 bits per heavy atom. The van der Waals surface area contributed by atoms with Crippen molar-refractivity contribution in [2.45, 2.75) is 31.6 Å². The summed E-state index contributed by atoms with van der Waals surface area (Å²) in [5, 5.41) is 11.9. The van der Waals surface area contributed by atoms with Crippen LogP contribution in [0.3, 0.4) is 0 Å². The molecule has 1 N–H and O–H groups in total. The van der Waals surface area contributed by atoms with Gasteiger partial charge in [-0.05, 0) is 37.3 Å². The van der Waals surface area contributed by atoms with Crippen LogP contribution < -0.4 is 9.62 Å². The number of halogens is 1. The third kappa shape index (κ3) is 4.63. The van der Waals surface area contributed by atoms with E-state index in [1.165, 1.54) is 33.8 Å². The molecule has 0 radical (unpaired) electrons. The molecule has 0 unspecified atom stereocenters. The van der Waals surface area contributed by atoms with Gasteiger partial charge in [-0.25, -0.2) is 8.42 Å². The van der Waals surface area contributed by atoms with Crippen LogP contribution in [0.5, 0.6) is 0 Å². The molecule has 0 saturated heterocycles. The SMILES string of the molecule is CCN(c1ccccc1)S(=O)(=O)c1ccc(Cl)c(C(=O)Nc2nnc(C(C)C)s2)c1. The zero-order valence-corrected chi connectivity index (χ0v) is 19.1. The van der Waals surface area contributed by atoms with Crippen molar-refractivity contribution in [2.24, 2.45) is 0 Å². The van der Waals surface area contributed by atoms with Crippen LogP contribution in [0.4, 0.5) is 10.8 Å². The van der Waals surface area contributed by atoms with Crippen LogP contribution in [-0.4, -0.2) is 31.1 Å². The minimum atomic E-state index is -3.89. The van der Waals surface area contributed by atoms with Crippen molar-refractivity contribution in [3.63, 3.8) is 0 Å². The Balaban J connectivity index is 1.92. The fraction of sp³-hybridized carbons (Fsp3) is 0.250. The number of nitrogens with zero attached hydrogens (tertiary/aromatic N) is 3. The van der Waals surface area contributed by atoms with Crippen molar-refractivity contribution in [3.8, 4) is 0 Å². The van der Waals surface area contributed by atoms with Crippen LogP contribution in [-0.2, 0) is 10.0 Å². The smallest absolute Gasteiger partial charge is 0.264 e. The predicted octanol–water partition coefficient (Wildman–Crippen LogP) is 4.78. The number of hydrogen-bond acceptors (Lipinski definition) is 6. The summed E-state index contributed by atoms with van der Waals surface area (Å²) in [4.78, 5) is 12.7. The van der Waals surface area contributed by atoms with Gasteiger partial charge in [-0.15, -0.1) is 10.2 Å². The van der Waals surface area contributed by atoms with Gasteiger partial charge in [-0.3, -0.25) is 14.4 Å². The van der Waals surface area contributed by atoms with E-state index in [9.17, 15) is 13.2 Å². The molecular weight excluding hydrogens is 444 g/mol. The lowest BCUT2D eigenvalue weighted by atomic mass is 10.2. The average Bonchev–Trinajstić information content (AvgIpc) is 3.18. The molecule has 1 heterocycles. The highest BCUT2D eigenvalue weighted by atomic mass is 35.5. The summed E-state index contributed by atoms with van der Waals surface area (Å²) in [6.45, 7) is 5.93. The van der Waals surface area contributed by atoms with Crippen LogP contribution in [0.2, 0.25) is 5.02 Å². The van der Waals surface area contributed by atoms with Gasteiger partial charge in [0.05, 0.1) is 21.2 Å². The van der Waals surface area contributed by atoms with Crippen molar-refractivity contribution in [2.75, 3.05) is 16.2 Å². The van der Waals surface area contributed by atoms with Gasteiger partial charge in [0.2, 0.25) is 5.13 Å². The number of hydrogen-bond donors (Lipinski definition) is 1. The maximum Gasteiger partial charge on any atom is 0.264 e. The Hall–Kier alpha value is -2.49. The number of rotatable bonds is 7. The Morgan fingerprint density at radius 3 is 2.47 bits per heavy atom. The third-order valence-corrected chi connectivity index (χ3v) is 7.62. The summed E-state index contributed by atoms with van der Waals surface area (Å²) in [7, 11) is -3.89. The van der Waals surface area contributed by atoms with Crippen LogP contribution in [0.1, 0.15) is 42.1 Å². The van der Waals surface area contributed by atoms with Crippen LogP contribution in [0, 0.1) is 0 Å². The van der Waals surface area contributed by atoms with E-state index in [-0.39, 0.29) is 27.9 Å². The van der Waals surface area contributed by atoms with E-state index >= 15 is 0 Å². The molecule has 0 atom stereocenters. The van der Waals surface area contributed by atoms with E-state index in [0.29, 0.717) is 10.8 Å². The van der Waals surface area contributed by atoms with Crippen molar-refractivity contribution in [3.05, 3.63) is 64.1 Å². The van der Waals surface area contributed by atoms with Gasteiger partial charge < -0.3 is 0 Å². The minimum Gasteiger partial charge on any atom is -0.296 e. The largest absolute Gasteiger partial charge is 0.296 e. The van der Waals surface area contributed by atoms with Crippen LogP contribution >= 0.6 is 22.9 Å². The first-order valence-corrected chi connectivity index (χ1v) is 11.9. The molecule has 0 saturated carbocycles. The molecule has 7 nitrogen and oxygen atoms in total. The average molecular weight is 465 g/mol. The number of carbonyl (C=O) groups is 1. The summed E-state index contributed by atoms with van der Waals surface area (Å²) in [5.74, 6) is -0.366. The lowest BCUT2D eigenvalue weighted by Crippen LogP contribution is -2.31. The molecule has 0 aliphatic carbocycles. The molecule has 0 fully saturated rings. The second kappa shape index (κ2) is 9.11. The Labute approximate surface area is 184 Å². The molecule has 0 spiro atoms. The van der Waals surface area contributed by atoms with Gasteiger partial charge in [-0.1, -0.05) is 55.0 Å². The Kier molecular flexibility index (Phi) is 6.74. The molecule has 30 heavy (non-hydrogen) atoms. The topological polar surface area (TPSA) is 92.3 Å². The predicted molar refractivity (Wildman–Crippen MR) is 120 cm³/mol. The zero-order valence-electron chi connectivity index (χ0n) is 16.7. The Bertz CT molecular complexity index is 1150. The molecule has 1 aromatic heterocycles. The molecule has 10 heteroatoms. The van der Waals surface area contributed by atoms with Crippen molar-refractivity contribution < 1.29 is 13.2 Å². The molecule has 0 aliphatic heterocycles. The van der Waals surface area contributed by atoms with E-state index in [4.69, 9.17) is 11.6 Å². The highest BCUT2D eigenvalue weighted by molar-refractivity contribution is 7.92. The number of para-hydroxylation sites is 1. The molecule has 158 valence electrons. The number of carbonyl (C=O) groups excluding carboxylic acids is 1. The van der Waals surface area contributed by atoms with E-state index in [1.54, 1.807) is 31.2 Å². The Morgan fingerprint density at radius 2 is 1.87 bits per heavy atom. The molecule has 3 rings (SSSR count). The van der Waals surface area contributed by atoms with Gasteiger partial charge in [0, 0.05) is 12.5 Å². The second-order valence-electron chi connectivity index (χ2n) is 6.70. The van der Waals surface area contributed by atoms with Crippen molar-refractivity contribution in [1.29, 1.82) is 0 Å². The van der Waals surface area contributed by atoms with Crippen LogP contribution in [0.15, 0.2) is 53.4 Å². The highest BCUT2D eigenvalue weighted by Crippen LogP contribution is 2.28. The fourth-order valence-corrected chi connectivity index (χ4v) is 5.18. The lowest BCUT2D eigenvalue weighted by molar-refractivity contribution is 0.102. The minimum absolute atomic E-state index is 0.0251. The first-order chi connectivity index (χ1) is 14.2. The quantitative estimate of drug-likeness (QED) is 0.543. The number of sulfonamides is 1. The molecule has 2 aromatic carbocycles. The van der Waals surface area contributed by atoms with Crippen molar-refractivity contribution >= 4 is 49.7 Å². The van der Waals surface area contributed by atoms with Gasteiger partial charge in [-0.2, -0.15) is 0 Å². The maximum absolute atomic E-state index is 13.2. The van der Waals surface area contributed by atoms with Gasteiger partial charge in [0.25, 0.3) is 15.9 Å². The van der Waals surface area contributed by atoms with Gasteiger partial charge in [0.15, 0.2) is 0 Å². The number of benzene rings is 2. The van der Waals surface area contributed by atoms with E-state index in [1.807, 2.05) is 19.9 Å². The normalized spacial score (nSPS) is 11.5. The number of anilines is 2. The fourth-order valence-electron chi connectivity index (χ4n) is 2.73. The monoisotopic (exact) mass is 464 g/mol. The summed E-state index contributed by atoms with van der Waals surface area (Å²) in [6.07, 6.45) is 0. The summed E-state index contributed by atoms with van der Waals surface area (Å²) >= 11 is 7.45. The number of nitrogens with one attached hydrogen (secondary N) is 1. The van der Waals surface area contributed by atoms with Crippen LogP contribution in [0.25, 0.3) is 0 Å². The molecule has 1 amide bonds. The number of aromatic nitrogens is 2. The van der Waals surface area contributed by atoms with E-state index in [0.717, 1.165) is 5.01 Å². The number of amides is 1. The molecule has 0 bridgehead atoms. The highest BCUT2D eigenvalue weighted by Gasteiger charge is 2.25. The van der Waals surface area contributed by atoms with Gasteiger partial charge >= 0.3 is 0 Å². The maximum atomic E-state index is 13.2. The standard InChI is InChI=1S/C20H21ClN4O3S2/c1-4-25(14-8-6-5-7-9-14)30(27,28)15-10-11-17(21)16(12-15)18(26)22-20-24-23-19(29-20)13(2)3/h5-13H,4H2,1-3H3,(H,22,24,26). The third-order valence-electron chi connectivity index (χ3n) is 4.26. The first kappa shape index (κ1) is 22.2. The summed E-state index contributed by atoms with van der Waals surface area (Å²) in [5.41, 5.74) is 0.583.